The van der Waals surface area contributed by atoms with E-state index in [0.29, 0.717) is 29.3 Å². The molecular formula is C26H28N4O4. The van der Waals surface area contributed by atoms with E-state index < -0.39 is 17.9 Å². The molecule has 2 aliphatic heterocycles. The second kappa shape index (κ2) is 9.10. The Morgan fingerprint density at radius 1 is 1.06 bits per heavy atom. The van der Waals surface area contributed by atoms with Crippen molar-refractivity contribution in [2.45, 2.75) is 45.2 Å². The summed E-state index contributed by atoms with van der Waals surface area (Å²) in [5, 5.41) is 3.36. The number of anilines is 1. The number of carbonyl (C=O) groups is 4. The zero-order chi connectivity index (χ0) is 23.8. The number of imide groups is 1. The van der Waals surface area contributed by atoms with Crippen LogP contribution in [0.5, 0.6) is 0 Å². The van der Waals surface area contributed by atoms with Gasteiger partial charge in [0.25, 0.3) is 11.8 Å². The Kier molecular flexibility index (Phi) is 6.00. The van der Waals surface area contributed by atoms with E-state index in [0.717, 1.165) is 36.6 Å². The number of nitrogens with one attached hydrogen (secondary N) is 1. The van der Waals surface area contributed by atoms with E-state index in [9.17, 15) is 19.2 Å². The van der Waals surface area contributed by atoms with E-state index in [4.69, 9.17) is 0 Å². The fraction of sp³-hybridized carbons (Fsp3) is 0.423. The van der Waals surface area contributed by atoms with Crippen LogP contribution in [0.4, 0.5) is 5.69 Å². The standard InChI is InChI=1S/C26H28N4O4/c1-2-18-7-6-16(11-27-18)13-29-14-17(15-29)12-28-21-5-3-4-20-24(21)26(34)30(25(20)33)22-9-8-19(31)10-23(22)32/h3-7,11,17,22,28H,2,8-10,12-15H2,1H3. The molecule has 0 spiro atoms. The lowest BCUT2D eigenvalue weighted by Gasteiger charge is -2.39. The summed E-state index contributed by atoms with van der Waals surface area (Å²) in [5.74, 6) is -0.950. The van der Waals surface area contributed by atoms with Gasteiger partial charge in [-0.15, -0.1) is 0 Å². The molecule has 1 aliphatic carbocycles. The number of likely N-dealkylation sites (tertiary alicyclic amines) is 1. The molecule has 3 aliphatic rings. The molecule has 2 aromatic rings. The second-order valence-electron chi connectivity index (χ2n) is 9.40. The lowest BCUT2D eigenvalue weighted by atomic mass is 9.92. The summed E-state index contributed by atoms with van der Waals surface area (Å²) < 4.78 is 0. The number of hydrogen-bond donors (Lipinski definition) is 1. The maximum atomic E-state index is 13.2. The molecule has 8 heteroatoms. The van der Waals surface area contributed by atoms with Crippen molar-refractivity contribution < 1.29 is 19.2 Å². The average molecular weight is 461 g/mol. The van der Waals surface area contributed by atoms with Gasteiger partial charge < -0.3 is 5.32 Å². The molecule has 1 aromatic heterocycles. The van der Waals surface area contributed by atoms with Gasteiger partial charge in [0.1, 0.15) is 5.78 Å². The minimum Gasteiger partial charge on any atom is -0.384 e. The lowest BCUT2D eigenvalue weighted by molar-refractivity contribution is -0.132. The first kappa shape index (κ1) is 22.4. The molecule has 1 atom stereocenters. The number of amides is 2. The van der Waals surface area contributed by atoms with Crippen LogP contribution in [-0.2, 0) is 22.6 Å². The van der Waals surface area contributed by atoms with Gasteiger partial charge in [-0.05, 0) is 36.6 Å². The van der Waals surface area contributed by atoms with Crippen molar-refractivity contribution in [1.82, 2.24) is 14.8 Å². The largest absolute Gasteiger partial charge is 0.384 e. The van der Waals surface area contributed by atoms with Crippen LogP contribution >= 0.6 is 0 Å². The summed E-state index contributed by atoms with van der Waals surface area (Å²) in [6, 6.07) is 8.54. The first-order chi connectivity index (χ1) is 16.4. The Balaban J connectivity index is 1.20. The summed E-state index contributed by atoms with van der Waals surface area (Å²) in [7, 11) is 0. The summed E-state index contributed by atoms with van der Waals surface area (Å²) in [6.45, 7) is 5.55. The highest BCUT2D eigenvalue weighted by Crippen LogP contribution is 2.33. The number of hydrogen-bond acceptors (Lipinski definition) is 7. The number of aromatic nitrogens is 1. The molecule has 176 valence electrons. The molecule has 8 nitrogen and oxygen atoms in total. The van der Waals surface area contributed by atoms with Gasteiger partial charge in [-0.3, -0.25) is 34.0 Å². The molecule has 0 bridgehead atoms. The molecule has 1 saturated heterocycles. The smallest absolute Gasteiger partial charge is 0.264 e. The predicted molar refractivity (Wildman–Crippen MR) is 125 cm³/mol. The number of Topliss-reactive ketones (excluding diaryl/α,β-unsaturated/α-hetero) is 2. The molecule has 1 N–H and O–H groups in total. The second-order valence-corrected chi connectivity index (χ2v) is 9.40. The monoisotopic (exact) mass is 460 g/mol. The van der Waals surface area contributed by atoms with Crippen LogP contribution in [0.15, 0.2) is 36.5 Å². The van der Waals surface area contributed by atoms with Crippen LogP contribution in [0.25, 0.3) is 0 Å². The van der Waals surface area contributed by atoms with E-state index >= 15 is 0 Å². The molecule has 2 amide bonds. The van der Waals surface area contributed by atoms with Gasteiger partial charge in [0.15, 0.2) is 5.78 Å². The van der Waals surface area contributed by atoms with Gasteiger partial charge in [0, 0.05) is 56.1 Å². The van der Waals surface area contributed by atoms with Crippen LogP contribution in [-0.4, -0.2) is 63.8 Å². The fourth-order valence-electron chi connectivity index (χ4n) is 5.07. The summed E-state index contributed by atoms with van der Waals surface area (Å²) in [6.07, 6.45) is 3.09. The molecule has 3 heterocycles. The van der Waals surface area contributed by atoms with Gasteiger partial charge in [-0.1, -0.05) is 19.1 Å². The first-order valence-corrected chi connectivity index (χ1v) is 11.9. The van der Waals surface area contributed by atoms with E-state index in [-0.39, 0.29) is 30.8 Å². The number of rotatable bonds is 7. The third kappa shape index (κ3) is 4.14. The molecule has 1 unspecified atom stereocenters. The highest BCUT2D eigenvalue weighted by molar-refractivity contribution is 6.25. The Morgan fingerprint density at radius 2 is 1.88 bits per heavy atom. The Labute approximate surface area is 198 Å². The van der Waals surface area contributed by atoms with Gasteiger partial charge in [0.2, 0.25) is 0 Å². The van der Waals surface area contributed by atoms with Crippen molar-refractivity contribution in [3.05, 3.63) is 58.9 Å². The van der Waals surface area contributed by atoms with Gasteiger partial charge in [-0.2, -0.15) is 0 Å². The lowest BCUT2D eigenvalue weighted by Crippen LogP contribution is -2.49. The number of aryl methyl sites for hydroxylation is 1. The first-order valence-electron chi connectivity index (χ1n) is 11.9. The van der Waals surface area contributed by atoms with E-state index in [1.54, 1.807) is 18.2 Å². The third-order valence-corrected chi connectivity index (χ3v) is 6.97. The fourth-order valence-corrected chi connectivity index (χ4v) is 5.07. The van der Waals surface area contributed by atoms with E-state index in [1.165, 1.54) is 5.56 Å². The topological polar surface area (TPSA) is 99.7 Å². The van der Waals surface area contributed by atoms with Crippen LogP contribution < -0.4 is 5.32 Å². The predicted octanol–water partition coefficient (Wildman–Crippen LogP) is 2.47. The zero-order valence-corrected chi connectivity index (χ0v) is 19.3. The number of carbonyl (C=O) groups excluding carboxylic acids is 4. The minimum absolute atomic E-state index is 0.135. The van der Waals surface area contributed by atoms with E-state index in [1.807, 2.05) is 6.20 Å². The molecule has 5 rings (SSSR count). The highest BCUT2D eigenvalue weighted by Gasteiger charge is 2.45. The van der Waals surface area contributed by atoms with Gasteiger partial charge >= 0.3 is 0 Å². The Hall–Kier alpha value is -3.39. The van der Waals surface area contributed by atoms with Gasteiger partial charge in [0.05, 0.1) is 23.6 Å². The van der Waals surface area contributed by atoms with Crippen molar-refractivity contribution in [3.8, 4) is 0 Å². The van der Waals surface area contributed by atoms with Crippen molar-refractivity contribution in [3.63, 3.8) is 0 Å². The van der Waals surface area contributed by atoms with Crippen LogP contribution in [0.1, 0.15) is 58.2 Å². The Bertz CT molecular complexity index is 1150. The molecule has 2 fully saturated rings. The summed E-state index contributed by atoms with van der Waals surface area (Å²) >= 11 is 0. The zero-order valence-electron chi connectivity index (χ0n) is 19.3. The maximum Gasteiger partial charge on any atom is 0.264 e. The Morgan fingerprint density at radius 3 is 2.59 bits per heavy atom. The van der Waals surface area contributed by atoms with Crippen LogP contribution in [0, 0.1) is 5.92 Å². The van der Waals surface area contributed by atoms with Crippen molar-refractivity contribution in [1.29, 1.82) is 0 Å². The van der Waals surface area contributed by atoms with Gasteiger partial charge in [-0.25, -0.2) is 0 Å². The number of pyridine rings is 1. The van der Waals surface area contributed by atoms with Crippen molar-refractivity contribution >= 4 is 29.1 Å². The molecule has 1 saturated carbocycles. The SMILES string of the molecule is CCc1ccc(CN2CC(CNc3cccc4c3C(=O)N(C3CCC(=O)CC3=O)C4=O)C2)cn1. The van der Waals surface area contributed by atoms with Crippen LogP contribution in [0.3, 0.4) is 0 Å². The molecular weight excluding hydrogens is 432 g/mol. The molecule has 1 aromatic carbocycles. The normalized spacial score (nSPS) is 21.1. The third-order valence-electron chi connectivity index (χ3n) is 6.97. The number of fused-ring (bicyclic) bond motifs is 1. The number of ketones is 2. The molecule has 0 radical (unpaired) electrons. The maximum absolute atomic E-state index is 13.2. The number of benzene rings is 1. The summed E-state index contributed by atoms with van der Waals surface area (Å²) in [4.78, 5) is 58.0. The van der Waals surface area contributed by atoms with E-state index in [2.05, 4.69) is 34.3 Å². The highest BCUT2D eigenvalue weighted by atomic mass is 16.2. The van der Waals surface area contributed by atoms with Crippen molar-refractivity contribution in [2.75, 3.05) is 25.0 Å². The van der Waals surface area contributed by atoms with Crippen molar-refractivity contribution in [2.24, 2.45) is 5.92 Å². The molecule has 34 heavy (non-hydrogen) atoms. The summed E-state index contributed by atoms with van der Waals surface area (Å²) in [5.41, 5.74) is 3.56. The number of nitrogens with zero attached hydrogens (tertiary/aromatic N) is 3. The average Bonchev–Trinajstić information content (AvgIpc) is 3.06. The quantitative estimate of drug-likeness (QED) is 0.501. The minimum atomic E-state index is -0.848. The van der Waals surface area contributed by atoms with Crippen LogP contribution in [0.2, 0.25) is 0 Å².